The van der Waals surface area contributed by atoms with E-state index in [0.29, 0.717) is 28.7 Å². The van der Waals surface area contributed by atoms with Gasteiger partial charge < -0.3 is 19.9 Å². The second-order valence-electron chi connectivity index (χ2n) is 4.64. The van der Waals surface area contributed by atoms with Crippen LogP contribution in [0.2, 0.25) is 5.02 Å². The lowest BCUT2D eigenvalue weighted by molar-refractivity contribution is 0.321. The fraction of sp³-hybridized carbons (Fsp3) is 0.538. The first-order valence-corrected chi connectivity index (χ1v) is 6.18. The van der Waals surface area contributed by atoms with E-state index >= 15 is 0 Å². The van der Waals surface area contributed by atoms with Crippen molar-refractivity contribution in [3.05, 3.63) is 16.7 Å². The number of ether oxygens (including phenoxy) is 3. The van der Waals surface area contributed by atoms with Crippen LogP contribution in [0.4, 0.5) is 0 Å². The number of rotatable bonds is 5. The molecule has 2 rings (SSSR count). The zero-order valence-electron chi connectivity index (χ0n) is 10.9. The topological polar surface area (TPSA) is 53.7 Å². The summed E-state index contributed by atoms with van der Waals surface area (Å²) in [7, 11) is 4.74. The third-order valence-electron chi connectivity index (χ3n) is 3.30. The molecule has 1 fully saturated rings. The summed E-state index contributed by atoms with van der Waals surface area (Å²) in [6.07, 6.45) is 2.72. The normalized spacial score (nSPS) is 16.3. The molecule has 0 atom stereocenters. The van der Waals surface area contributed by atoms with Crippen molar-refractivity contribution >= 4 is 11.6 Å². The molecule has 18 heavy (non-hydrogen) atoms. The molecule has 1 aliphatic carbocycles. The fourth-order valence-electron chi connectivity index (χ4n) is 2.04. The van der Waals surface area contributed by atoms with Crippen LogP contribution in [-0.2, 0) is 6.42 Å². The first-order chi connectivity index (χ1) is 8.54. The van der Waals surface area contributed by atoms with E-state index in [4.69, 9.17) is 31.5 Å². The predicted octanol–water partition coefficient (Wildman–Crippen LogP) is 2.40. The van der Waals surface area contributed by atoms with E-state index in [1.165, 1.54) is 0 Å². The Balaban J connectivity index is 2.49. The van der Waals surface area contributed by atoms with Gasteiger partial charge in [0.15, 0.2) is 11.5 Å². The molecule has 0 radical (unpaired) electrons. The first kappa shape index (κ1) is 13.3. The molecule has 1 aromatic rings. The highest BCUT2D eigenvalue weighted by Gasteiger charge is 2.40. The van der Waals surface area contributed by atoms with Crippen LogP contribution >= 0.6 is 11.6 Å². The summed E-state index contributed by atoms with van der Waals surface area (Å²) >= 11 is 6.28. The number of nitrogens with two attached hydrogens (primary N) is 1. The van der Waals surface area contributed by atoms with Gasteiger partial charge in [-0.25, -0.2) is 0 Å². The first-order valence-electron chi connectivity index (χ1n) is 5.81. The molecule has 0 aromatic heterocycles. The van der Waals surface area contributed by atoms with E-state index in [9.17, 15) is 0 Å². The van der Waals surface area contributed by atoms with Crippen LogP contribution in [-0.4, -0.2) is 26.9 Å². The molecule has 1 aliphatic rings. The van der Waals surface area contributed by atoms with Gasteiger partial charge in [-0.1, -0.05) is 11.6 Å². The molecule has 1 saturated carbocycles. The van der Waals surface area contributed by atoms with Gasteiger partial charge in [-0.15, -0.1) is 0 Å². The van der Waals surface area contributed by atoms with Crippen LogP contribution in [0.5, 0.6) is 17.2 Å². The van der Waals surface area contributed by atoms with Gasteiger partial charge in [0.1, 0.15) is 0 Å². The van der Waals surface area contributed by atoms with Crippen LogP contribution < -0.4 is 19.9 Å². The highest BCUT2D eigenvalue weighted by atomic mass is 35.5. The Labute approximate surface area is 112 Å². The quantitative estimate of drug-likeness (QED) is 0.893. The molecule has 0 unspecified atom stereocenters. The maximum Gasteiger partial charge on any atom is 0.203 e. The monoisotopic (exact) mass is 271 g/mol. The Morgan fingerprint density at radius 2 is 1.78 bits per heavy atom. The van der Waals surface area contributed by atoms with Crippen molar-refractivity contribution < 1.29 is 14.2 Å². The molecule has 0 heterocycles. The summed E-state index contributed by atoms with van der Waals surface area (Å²) in [5, 5.41) is 0.598. The number of halogens is 1. The number of methoxy groups -OCH3 is 3. The third kappa shape index (κ3) is 2.35. The van der Waals surface area contributed by atoms with E-state index < -0.39 is 0 Å². The summed E-state index contributed by atoms with van der Waals surface area (Å²) in [6.45, 7) is 0. The maximum absolute atomic E-state index is 6.28. The van der Waals surface area contributed by atoms with Crippen molar-refractivity contribution in [3.8, 4) is 17.2 Å². The average Bonchev–Trinajstić information content (AvgIpc) is 3.08. The highest BCUT2D eigenvalue weighted by Crippen LogP contribution is 2.47. The molecule has 0 amide bonds. The van der Waals surface area contributed by atoms with Crippen LogP contribution in [0.1, 0.15) is 18.4 Å². The van der Waals surface area contributed by atoms with Crippen LogP contribution in [0.3, 0.4) is 0 Å². The molecule has 0 saturated heterocycles. The Hall–Kier alpha value is -1.13. The van der Waals surface area contributed by atoms with Gasteiger partial charge in [0.25, 0.3) is 0 Å². The summed E-state index contributed by atoms with van der Waals surface area (Å²) in [4.78, 5) is 0. The van der Waals surface area contributed by atoms with Gasteiger partial charge in [0, 0.05) is 17.2 Å². The lowest BCUT2D eigenvalue weighted by Gasteiger charge is -2.19. The summed E-state index contributed by atoms with van der Waals surface area (Å²) in [5.74, 6) is 1.73. The smallest absolute Gasteiger partial charge is 0.203 e. The molecule has 0 bridgehead atoms. The van der Waals surface area contributed by atoms with Crippen molar-refractivity contribution in [2.75, 3.05) is 21.3 Å². The van der Waals surface area contributed by atoms with E-state index in [1.54, 1.807) is 27.4 Å². The Bertz CT molecular complexity index is 458. The van der Waals surface area contributed by atoms with Crippen molar-refractivity contribution in [3.63, 3.8) is 0 Å². The van der Waals surface area contributed by atoms with Crippen molar-refractivity contribution in [2.45, 2.75) is 24.8 Å². The Morgan fingerprint density at radius 3 is 2.22 bits per heavy atom. The van der Waals surface area contributed by atoms with Gasteiger partial charge in [0.05, 0.1) is 26.4 Å². The van der Waals surface area contributed by atoms with Gasteiger partial charge in [0.2, 0.25) is 5.75 Å². The second-order valence-corrected chi connectivity index (χ2v) is 5.05. The van der Waals surface area contributed by atoms with E-state index in [0.717, 1.165) is 18.4 Å². The van der Waals surface area contributed by atoms with Crippen molar-refractivity contribution in [1.82, 2.24) is 0 Å². The van der Waals surface area contributed by atoms with Crippen molar-refractivity contribution in [1.29, 1.82) is 0 Å². The third-order valence-corrected chi connectivity index (χ3v) is 3.64. The molecule has 5 heteroatoms. The van der Waals surface area contributed by atoms with Crippen LogP contribution in [0, 0.1) is 0 Å². The molecule has 4 nitrogen and oxygen atoms in total. The maximum atomic E-state index is 6.28. The Morgan fingerprint density at radius 1 is 1.17 bits per heavy atom. The Kier molecular flexibility index (Phi) is 3.59. The minimum atomic E-state index is -0.142. The van der Waals surface area contributed by atoms with Crippen molar-refractivity contribution in [2.24, 2.45) is 5.73 Å². The summed E-state index contributed by atoms with van der Waals surface area (Å²) in [6, 6.07) is 1.74. The number of hydrogen-bond acceptors (Lipinski definition) is 4. The molecule has 0 aliphatic heterocycles. The fourth-order valence-corrected chi connectivity index (χ4v) is 2.29. The summed E-state index contributed by atoms with van der Waals surface area (Å²) in [5.41, 5.74) is 6.89. The second kappa shape index (κ2) is 4.86. The van der Waals surface area contributed by atoms with E-state index in [2.05, 4.69) is 0 Å². The van der Waals surface area contributed by atoms with E-state index in [-0.39, 0.29) is 5.54 Å². The minimum Gasteiger partial charge on any atom is -0.493 e. The SMILES string of the molecule is COc1cc(Cl)c(CC2(N)CC2)c(OC)c1OC. The van der Waals surface area contributed by atoms with Crippen LogP contribution in [0.15, 0.2) is 6.07 Å². The number of benzene rings is 1. The molecule has 1 aromatic carbocycles. The predicted molar refractivity (Wildman–Crippen MR) is 71.0 cm³/mol. The molecular weight excluding hydrogens is 254 g/mol. The zero-order chi connectivity index (χ0) is 13.3. The van der Waals surface area contributed by atoms with Gasteiger partial charge in [-0.05, 0) is 19.3 Å². The molecule has 0 spiro atoms. The lowest BCUT2D eigenvalue weighted by atomic mass is 10.0. The lowest BCUT2D eigenvalue weighted by Crippen LogP contribution is -2.25. The zero-order valence-corrected chi connectivity index (χ0v) is 11.6. The molecule has 100 valence electrons. The van der Waals surface area contributed by atoms with Gasteiger partial charge in [-0.3, -0.25) is 0 Å². The van der Waals surface area contributed by atoms with Gasteiger partial charge in [-0.2, -0.15) is 0 Å². The van der Waals surface area contributed by atoms with Gasteiger partial charge >= 0.3 is 0 Å². The highest BCUT2D eigenvalue weighted by molar-refractivity contribution is 6.31. The molecule has 2 N–H and O–H groups in total. The van der Waals surface area contributed by atoms with E-state index in [1.807, 2.05) is 0 Å². The molecular formula is C13H18ClNO3. The standard InChI is InChI=1S/C13H18ClNO3/c1-16-10-6-9(14)8(7-13(15)4-5-13)11(17-2)12(10)18-3/h6H,4-5,7,15H2,1-3H3. The minimum absolute atomic E-state index is 0.142. The van der Waals surface area contributed by atoms with Crippen LogP contribution in [0.25, 0.3) is 0 Å². The largest absolute Gasteiger partial charge is 0.493 e. The summed E-state index contributed by atoms with van der Waals surface area (Å²) < 4.78 is 16.0. The average molecular weight is 272 g/mol. The number of hydrogen-bond donors (Lipinski definition) is 1.